The largest absolute Gasteiger partial charge is 0.547 e. The van der Waals surface area contributed by atoms with Gasteiger partial charge in [0.2, 0.25) is 8.32 Å². The Morgan fingerprint density at radius 2 is 1.90 bits per heavy atom. The fourth-order valence-electron chi connectivity index (χ4n) is 4.67. The summed E-state index contributed by atoms with van der Waals surface area (Å²) in [6.07, 6.45) is 6.28. The van der Waals surface area contributed by atoms with E-state index < -0.39 is 8.32 Å². The summed E-state index contributed by atoms with van der Waals surface area (Å²) in [5, 5.41) is 0.290. The van der Waals surface area contributed by atoms with Gasteiger partial charge in [0.05, 0.1) is 5.76 Å². The van der Waals surface area contributed by atoms with Gasteiger partial charge in [-0.2, -0.15) is 0 Å². The Kier molecular flexibility index (Phi) is 3.30. The zero-order valence-electron chi connectivity index (χ0n) is 14.8. The first-order valence-electron chi connectivity index (χ1n) is 8.64. The van der Waals surface area contributed by atoms with Gasteiger partial charge in [0.15, 0.2) is 0 Å². The Balaban J connectivity index is 1.93. The third-order valence-corrected chi connectivity index (χ3v) is 11.2. The molecule has 0 aromatic heterocycles. The molecule has 0 aromatic carbocycles. The Morgan fingerprint density at radius 3 is 2.52 bits per heavy atom. The van der Waals surface area contributed by atoms with Gasteiger partial charge in [0, 0.05) is 6.42 Å². The third-order valence-electron chi connectivity index (χ3n) is 6.87. The van der Waals surface area contributed by atoms with Crippen LogP contribution in [0.3, 0.4) is 0 Å². The van der Waals surface area contributed by atoms with Crippen molar-refractivity contribution in [2.45, 2.75) is 77.9 Å². The fraction of sp³-hybridized carbons (Fsp3) is 0.789. The Bertz CT molecular complexity index is 508. The van der Waals surface area contributed by atoms with Crippen molar-refractivity contribution in [3.05, 3.63) is 23.5 Å². The summed E-state index contributed by atoms with van der Waals surface area (Å²) in [5.74, 6) is 2.89. The second-order valence-electron chi connectivity index (χ2n) is 9.42. The molecule has 1 nitrogen and oxygen atoms in total. The van der Waals surface area contributed by atoms with E-state index >= 15 is 0 Å². The molecule has 3 aliphatic rings. The van der Waals surface area contributed by atoms with Crippen molar-refractivity contribution >= 4 is 8.32 Å². The highest BCUT2D eigenvalue weighted by Crippen LogP contribution is 2.64. The predicted molar refractivity (Wildman–Crippen MR) is 92.6 cm³/mol. The van der Waals surface area contributed by atoms with Crippen LogP contribution in [0.25, 0.3) is 0 Å². The molecule has 0 aliphatic heterocycles. The summed E-state index contributed by atoms with van der Waals surface area (Å²) < 4.78 is 6.75. The van der Waals surface area contributed by atoms with E-state index in [0.29, 0.717) is 10.5 Å². The summed E-state index contributed by atoms with van der Waals surface area (Å²) in [7, 11) is -1.70. The molecule has 0 spiro atoms. The first-order chi connectivity index (χ1) is 9.55. The summed E-state index contributed by atoms with van der Waals surface area (Å²) in [5.41, 5.74) is 3.68. The molecule has 0 bridgehead atoms. The van der Waals surface area contributed by atoms with Crippen molar-refractivity contribution in [3.8, 4) is 0 Å². The maximum absolute atomic E-state index is 6.75. The standard InChI is InChI=1S/C19H32OSi/c1-13-12-19(5)11-10-15-16(9-8-14(13)17(15)19)20-21(6,7)18(2,3)4/h14,17H,1,8-12H2,2-7H3/t14-,17+,19+/m1/s1. The van der Waals surface area contributed by atoms with Crippen LogP contribution in [0.15, 0.2) is 23.5 Å². The zero-order valence-corrected chi connectivity index (χ0v) is 15.8. The Labute approximate surface area is 132 Å². The monoisotopic (exact) mass is 304 g/mol. The fourth-order valence-corrected chi connectivity index (χ4v) is 5.83. The number of allylic oxidation sites excluding steroid dienone is 3. The van der Waals surface area contributed by atoms with Gasteiger partial charge in [-0.1, -0.05) is 39.8 Å². The molecule has 2 fully saturated rings. The molecule has 118 valence electrons. The van der Waals surface area contributed by atoms with E-state index in [1.165, 1.54) is 37.0 Å². The first-order valence-corrected chi connectivity index (χ1v) is 11.5. The first kappa shape index (κ1) is 15.4. The maximum atomic E-state index is 6.75. The topological polar surface area (TPSA) is 9.23 Å². The molecule has 0 N–H and O–H groups in total. The lowest BCUT2D eigenvalue weighted by Gasteiger charge is -2.41. The van der Waals surface area contributed by atoms with Crippen molar-refractivity contribution in [2.24, 2.45) is 17.3 Å². The van der Waals surface area contributed by atoms with Crippen LogP contribution in [0, 0.1) is 17.3 Å². The van der Waals surface area contributed by atoms with Crippen LogP contribution in [-0.2, 0) is 4.43 Å². The van der Waals surface area contributed by atoms with E-state index in [4.69, 9.17) is 4.43 Å². The minimum absolute atomic E-state index is 0.290. The lowest BCUT2D eigenvalue weighted by atomic mass is 9.74. The van der Waals surface area contributed by atoms with Gasteiger partial charge in [0.25, 0.3) is 0 Å². The highest BCUT2D eigenvalue weighted by Gasteiger charge is 2.55. The van der Waals surface area contributed by atoms with E-state index in [1.807, 2.05) is 0 Å². The van der Waals surface area contributed by atoms with Crippen LogP contribution in [0.5, 0.6) is 0 Å². The van der Waals surface area contributed by atoms with E-state index in [-0.39, 0.29) is 0 Å². The van der Waals surface area contributed by atoms with Crippen LogP contribution in [-0.4, -0.2) is 8.32 Å². The van der Waals surface area contributed by atoms with Crippen molar-refractivity contribution in [2.75, 3.05) is 0 Å². The number of hydrogen-bond acceptors (Lipinski definition) is 1. The minimum Gasteiger partial charge on any atom is -0.547 e. The molecule has 3 rings (SSSR count). The highest BCUT2D eigenvalue weighted by molar-refractivity contribution is 6.74. The van der Waals surface area contributed by atoms with Crippen molar-refractivity contribution in [1.29, 1.82) is 0 Å². The molecule has 3 atom stereocenters. The van der Waals surface area contributed by atoms with Crippen LogP contribution in [0.2, 0.25) is 18.1 Å². The highest BCUT2D eigenvalue weighted by atomic mass is 28.4. The van der Waals surface area contributed by atoms with Gasteiger partial charge in [-0.05, 0) is 66.6 Å². The molecular formula is C19H32OSi. The molecule has 3 aliphatic carbocycles. The molecule has 0 saturated heterocycles. The Hall–Kier alpha value is -0.503. The minimum atomic E-state index is -1.70. The van der Waals surface area contributed by atoms with E-state index in [2.05, 4.69) is 47.4 Å². The van der Waals surface area contributed by atoms with Gasteiger partial charge in [0.1, 0.15) is 0 Å². The van der Waals surface area contributed by atoms with Gasteiger partial charge >= 0.3 is 0 Å². The van der Waals surface area contributed by atoms with Crippen LogP contribution >= 0.6 is 0 Å². The second-order valence-corrected chi connectivity index (χ2v) is 14.1. The molecule has 0 unspecified atom stereocenters. The van der Waals surface area contributed by atoms with Gasteiger partial charge in [-0.25, -0.2) is 0 Å². The SMILES string of the molecule is C=C1C[C@]2(C)CCC3=C(O[Si](C)(C)C(C)(C)C)CC[C@H]1[C@@H]32. The van der Waals surface area contributed by atoms with Gasteiger partial charge in [-0.3, -0.25) is 0 Å². The lowest BCUT2D eigenvalue weighted by molar-refractivity contribution is 0.230. The van der Waals surface area contributed by atoms with Crippen LogP contribution in [0.1, 0.15) is 59.8 Å². The molecule has 0 radical (unpaired) electrons. The molecule has 2 heteroatoms. The Morgan fingerprint density at radius 1 is 1.24 bits per heavy atom. The second kappa shape index (κ2) is 4.50. The quantitative estimate of drug-likeness (QED) is 0.446. The zero-order chi connectivity index (χ0) is 15.6. The maximum Gasteiger partial charge on any atom is 0.250 e. The summed E-state index contributed by atoms with van der Waals surface area (Å²) in [4.78, 5) is 0. The molecule has 0 heterocycles. The lowest BCUT2D eigenvalue weighted by Crippen LogP contribution is -2.41. The molecular weight excluding hydrogens is 272 g/mol. The van der Waals surface area contributed by atoms with Crippen LogP contribution < -0.4 is 0 Å². The van der Waals surface area contributed by atoms with E-state index in [0.717, 1.165) is 18.3 Å². The normalized spacial score (nSPS) is 36.2. The van der Waals surface area contributed by atoms with E-state index in [9.17, 15) is 0 Å². The predicted octanol–water partition coefficient (Wildman–Crippen LogP) is 6.05. The van der Waals surface area contributed by atoms with Crippen LogP contribution in [0.4, 0.5) is 0 Å². The van der Waals surface area contributed by atoms with Crippen molar-refractivity contribution in [1.82, 2.24) is 0 Å². The summed E-state index contributed by atoms with van der Waals surface area (Å²) in [6.45, 7) is 18.7. The average Bonchev–Trinajstić information content (AvgIpc) is 2.78. The molecule has 0 amide bonds. The number of hydrogen-bond donors (Lipinski definition) is 0. The smallest absolute Gasteiger partial charge is 0.250 e. The summed E-state index contributed by atoms with van der Waals surface area (Å²) in [6, 6.07) is 0. The van der Waals surface area contributed by atoms with E-state index in [1.54, 1.807) is 5.57 Å². The average molecular weight is 305 g/mol. The van der Waals surface area contributed by atoms with Gasteiger partial charge in [-0.15, -0.1) is 0 Å². The van der Waals surface area contributed by atoms with Gasteiger partial charge < -0.3 is 4.43 Å². The molecule has 0 aromatic rings. The summed E-state index contributed by atoms with van der Waals surface area (Å²) >= 11 is 0. The molecule has 2 saturated carbocycles. The number of rotatable bonds is 2. The third kappa shape index (κ3) is 2.25. The van der Waals surface area contributed by atoms with Crippen molar-refractivity contribution < 1.29 is 4.43 Å². The molecule has 21 heavy (non-hydrogen) atoms. The van der Waals surface area contributed by atoms with Crippen molar-refractivity contribution in [3.63, 3.8) is 0 Å².